The molecular weight excluding hydrogens is 284 g/mol. The first-order valence-corrected chi connectivity index (χ1v) is 7.63. The predicted octanol–water partition coefficient (Wildman–Crippen LogP) is 3.11. The van der Waals surface area contributed by atoms with Crippen LogP contribution in [0, 0.1) is 0 Å². The first-order valence-electron chi connectivity index (χ1n) is 6.65. The number of methoxy groups -OCH3 is 1. The van der Waals surface area contributed by atoms with Crippen molar-refractivity contribution in [1.29, 1.82) is 0 Å². The van der Waals surface area contributed by atoms with Crippen molar-refractivity contribution in [2.24, 2.45) is 0 Å². The van der Waals surface area contributed by atoms with Crippen molar-refractivity contribution in [3.63, 3.8) is 0 Å². The smallest absolute Gasteiger partial charge is 0.232 e. The first kappa shape index (κ1) is 13.8. The average molecular weight is 300 g/mol. The van der Waals surface area contributed by atoms with E-state index in [4.69, 9.17) is 10.5 Å². The molecule has 4 nitrogen and oxygen atoms in total. The van der Waals surface area contributed by atoms with Gasteiger partial charge in [0, 0.05) is 16.7 Å². The lowest BCUT2D eigenvalue weighted by molar-refractivity contribution is -0.117. The maximum atomic E-state index is 12.5. The molecule has 1 unspecified atom stereocenters. The number of thioether (sulfide) groups is 1. The Morgan fingerprint density at radius 2 is 2.14 bits per heavy atom. The monoisotopic (exact) mass is 300 g/mol. The molecule has 0 aromatic heterocycles. The second-order valence-corrected chi connectivity index (χ2v) is 5.91. The molecule has 0 aliphatic carbocycles. The molecule has 0 saturated heterocycles. The van der Waals surface area contributed by atoms with Gasteiger partial charge in [0.05, 0.1) is 24.4 Å². The van der Waals surface area contributed by atoms with Crippen LogP contribution in [0.4, 0.5) is 11.4 Å². The number of rotatable bonds is 3. The Balaban J connectivity index is 1.79. The van der Waals surface area contributed by atoms with Crippen molar-refractivity contribution in [3.8, 4) is 5.75 Å². The van der Waals surface area contributed by atoms with Crippen LogP contribution in [0.5, 0.6) is 5.75 Å². The van der Waals surface area contributed by atoms with E-state index in [-0.39, 0.29) is 11.8 Å². The van der Waals surface area contributed by atoms with Gasteiger partial charge < -0.3 is 15.8 Å². The first-order chi connectivity index (χ1) is 10.2. The van der Waals surface area contributed by atoms with Crippen LogP contribution in [0.1, 0.15) is 11.5 Å². The number of benzene rings is 2. The summed E-state index contributed by atoms with van der Waals surface area (Å²) < 4.78 is 5.11. The van der Waals surface area contributed by atoms with Crippen LogP contribution < -0.4 is 15.8 Å². The molecule has 2 aromatic carbocycles. The number of amides is 1. The molecule has 2 aromatic rings. The summed E-state index contributed by atoms with van der Waals surface area (Å²) in [5, 5.41) is 2.91. The molecule has 3 N–H and O–H groups in total. The van der Waals surface area contributed by atoms with Gasteiger partial charge in [-0.15, -0.1) is 11.8 Å². The zero-order valence-corrected chi connectivity index (χ0v) is 12.4. The van der Waals surface area contributed by atoms with Gasteiger partial charge in [0.2, 0.25) is 5.91 Å². The van der Waals surface area contributed by atoms with Gasteiger partial charge in [-0.05, 0) is 23.8 Å². The van der Waals surface area contributed by atoms with Crippen LogP contribution in [0.15, 0.2) is 47.4 Å². The molecule has 0 saturated carbocycles. The molecule has 0 bridgehead atoms. The predicted molar refractivity (Wildman–Crippen MR) is 85.9 cm³/mol. The number of nitrogen functional groups attached to an aromatic ring is 1. The number of hydrogen-bond acceptors (Lipinski definition) is 4. The van der Waals surface area contributed by atoms with Crippen molar-refractivity contribution in [3.05, 3.63) is 48.0 Å². The van der Waals surface area contributed by atoms with E-state index < -0.39 is 0 Å². The molecule has 1 amide bonds. The summed E-state index contributed by atoms with van der Waals surface area (Å²) in [5.74, 6) is 1.28. The van der Waals surface area contributed by atoms with Crippen molar-refractivity contribution >= 4 is 29.0 Å². The highest BCUT2D eigenvalue weighted by atomic mass is 32.2. The Kier molecular flexibility index (Phi) is 3.75. The quantitative estimate of drug-likeness (QED) is 0.855. The number of anilines is 2. The molecule has 0 spiro atoms. The summed E-state index contributed by atoms with van der Waals surface area (Å²) in [4.78, 5) is 13.7. The summed E-state index contributed by atoms with van der Waals surface area (Å²) in [7, 11) is 1.58. The van der Waals surface area contributed by atoms with Crippen LogP contribution in [-0.4, -0.2) is 18.8 Å². The van der Waals surface area contributed by atoms with Gasteiger partial charge in [0.25, 0.3) is 0 Å². The van der Waals surface area contributed by atoms with Gasteiger partial charge in [0.1, 0.15) is 5.75 Å². The van der Waals surface area contributed by atoms with Gasteiger partial charge in [0.15, 0.2) is 0 Å². The van der Waals surface area contributed by atoms with E-state index in [0.29, 0.717) is 17.1 Å². The van der Waals surface area contributed by atoms with Crippen molar-refractivity contribution in [2.45, 2.75) is 10.8 Å². The molecule has 108 valence electrons. The minimum atomic E-state index is -0.132. The Bertz CT molecular complexity index is 688. The number of ether oxygens (including phenoxy) is 1. The largest absolute Gasteiger partial charge is 0.497 e. The minimum Gasteiger partial charge on any atom is -0.497 e. The normalized spacial score (nSPS) is 16.3. The zero-order valence-electron chi connectivity index (χ0n) is 11.6. The lowest BCUT2D eigenvalue weighted by Crippen LogP contribution is -2.21. The van der Waals surface area contributed by atoms with E-state index >= 15 is 0 Å². The second-order valence-electron chi connectivity index (χ2n) is 4.84. The fraction of sp³-hybridized carbons (Fsp3) is 0.188. The average Bonchev–Trinajstić information content (AvgIpc) is 2.93. The van der Waals surface area contributed by atoms with Crippen LogP contribution >= 0.6 is 11.8 Å². The molecule has 0 radical (unpaired) electrons. The van der Waals surface area contributed by atoms with E-state index in [1.54, 1.807) is 37.1 Å². The fourth-order valence-corrected chi connectivity index (χ4v) is 3.61. The third kappa shape index (κ3) is 2.69. The highest BCUT2D eigenvalue weighted by Gasteiger charge is 2.29. The Morgan fingerprint density at radius 1 is 1.33 bits per heavy atom. The van der Waals surface area contributed by atoms with Gasteiger partial charge in [-0.25, -0.2) is 0 Å². The molecule has 3 rings (SSSR count). The van der Waals surface area contributed by atoms with Crippen molar-refractivity contribution < 1.29 is 9.53 Å². The van der Waals surface area contributed by atoms with Crippen LogP contribution in [0.2, 0.25) is 0 Å². The lowest BCUT2D eigenvalue weighted by atomic mass is 10.0. The van der Waals surface area contributed by atoms with Crippen molar-refractivity contribution in [1.82, 2.24) is 0 Å². The lowest BCUT2D eigenvalue weighted by Gasteiger charge is -2.13. The van der Waals surface area contributed by atoms with Gasteiger partial charge in [-0.1, -0.05) is 18.2 Å². The minimum absolute atomic E-state index is 0.0238. The summed E-state index contributed by atoms with van der Waals surface area (Å²) in [6.45, 7) is 0. The topological polar surface area (TPSA) is 64.3 Å². The third-order valence-corrected chi connectivity index (χ3v) is 4.72. The maximum Gasteiger partial charge on any atom is 0.232 e. The van der Waals surface area contributed by atoms with Gasteiger partial charge in [-0.3, -0.25) is 4.79 Å². The highest BCUT2D eigenvalue weighted by molar-refractivity contribution is 7.99. The number of nitrogens with one attached hydrogen (secondary N) is 1. The molecule has 21 heavy (non-hydrogen) atoms. The fourth-order valence-electron chi connectivity index (χ4n) is 2.38. The summed E-state index contributed by atoms with van der Waals surface area (Å²) in [6, 6.07) is 13.3. The molecule has 0 fully saturated rings. The number of hydrogen-bond donors (Lipinski definition) is 2. The number of carbonyl (C=O) groups is 1. The van der Waals surface area contributed by atoms with Crippen LogP contribution in [-0.2, 0) is 4.79 Å². The number of fused-ring (bicyclic) bond motifs is 1. The van der Waals surface area contributed by atoms with Gasteiger partial charge >= 0.3 is 0 Å². The second kappa shape index (κ2) is 5.69. The van der Waals surface area contributed by atoms with E-state index in [0.717, 1.165) is 11.3 Å². The zero-order chi connectivity index (χ0) is 14.8. The SMILES string of the molecule is COc1ccc(NC(=O)C2CSc3ccccc32)c(N)c1. The highest BCUT2D eigenvalue weighted by Crippen LogP contribution is 2.40. The molecular formula is C16H16N2O2S. The Hall–Kier alpha value is -2.14. The number of carbonyl (C=O) groups excluding carboxylic acids is 1. The van der Waals surface area contributed by atoms with E-state index in [1.807, 2.05) is 18.2 Å². The molecule has 1 aliphatic rings. The third-order valence-electron chi connectivity index (χ3n) is 3.53. The summed E-state index contributed by atoms with van der Waals surface area (Å²) in [5.41, 5.74) is 8.15. The maximum absolute atomic E-state index is 12.5. The Morgan fingerprint density at radius 3 is 2.90 bits per heavy atom. The summed E-state index contributed by atoms with van der Waals surface area (Å²) >= 11 is 1.71. The molecule has 1 atom stereocenters. The van der Waals surface area contributed by atoms with Gasteiger partial charge in [-0.2, -0.15) is 0 Å². The van der Waals surface area contributed by atoms with Crippen LogP contribution in [0.3, 0.4) is 0 Å². The standard InChI is InChI=1S/C16H16N2O2S/c1-20-10-6-7-14(13(17)8-10)18-16(19)12-9-21-15-5-3-2-4-11(12)15/h2-8,12H,9,17H2,1H3,(H,18,19). The Labute approximate surface area is 127 Å². The van der Waals surface area contributed by atoms with Crippen molar-refractivity contribution in [2.75, 3.05) is 23.9 Å². The van der Waals surface area contributed by atoms with E-state index in [2.05, 4.69) is 11.4 Å². The molecule has 5 heteroatoms. The van der Waals surface area contributed by atoms with Crippen LogP contribution in [0.25, 0.3) is 0 Å². The number of nitrogens with two attached hydrogens (primary N) is 1. The molecule has 1 aliphatic heterocycles. The van der Waals surface area contributed by atoms with E-state index in [9.17, 15) is 4.79 Å². The summed E-state index contributed by atoms with van der Waals surface area (Å²) in [6.07, 6.45) is 0. The van der Waals surface area contributed by atoms with E-state index in [1.165, 1.54) is 4.90 Å². The molecule has 1 heterocycles.